The first-order valence-electron chi connectivity index (χ1n) is 9.90. The van der Waals surface area contributed by atoms with Crippen molar-refractivity contribution < 1.29 is 23.8 Å². The minimum atomic E-state index is -0.291. The summed E-state index contributed by atoms with van der Waals surface area (Å²) in [5.74, 6) is 0.884. The normalized spacial score (nSPS) is 15.1. The van der Waals surface area contributed by atoms with Gasteiger partial charge >= 0.3 is 0 Å². The lowest BCUT2D eigenvalue weighted by Gasteiger charge is -2.14. The van der Waals surface area contributed by atoms with Gasteiger partial charge in [0, 0.05) is 24.7 Å². The molecule has 1 aliphatic rings. The van der Waals surface area contributed by atoms with Gasteiger partial charge in [-0.3, -0.25) is 14.5 Å². The second-order valence-electron chi connectivity index (χ2n) is 6.71. The van der Waals surface area contributed by atoms with Crippen molar-refractivity contribution in [1.29, 1.82) is 0 Å². The molecular weight excluding hydrogens is 482 g/mol. The molecule has 6 nitrogen and oxygen atoms in total. The third-order valence-corrected chi connectivity index (χ3v) is 6.08. The molecule has 2 aromatic rings. The van der Waals surface area contributed by atoms with Crippen LogP contribution in [0.15, 0.2) is 51.8 Å². The van der Waals surface area contributed by atoms with E-state index in [0.717, 1.165) is 27.4 Å². The van der Waals surface area contributed by atoms with Gasteiger partial charge in [-0.05, 0) is 54.4 Å². The molecule has 0 bridgehead atoms. The second-order valence-corrected chi connectivity index (χ2v) is 8.55. The van der Waals surface area contributed by atoms with Crippen LogP contribution in [0.5, 0.6) is 11.5 Å². The van der Waals surface area contributed by atoms with Crippen molar-refractivity contribution in [2.75, 3.05) is 26.9 Å². The predicted molar refractivity (Wildman–Crippen MR) is 125 cm³/mol. The Hall–Kier alpha value is -2.29. The number of nitrogens with zero attached hydrogens (tertiary/aromatic N) is 1. The summed E-state index contributed by atoms with van der Waals surface area (Å²) >= 11 is 4.49. The number of thioether (sulfide) groups is 1. The average molecular weight is 506 g/mol. The Kier molecular flexibility index (Phi) is 8.57. The van der Waals surface area contributed by atoms with E-state index in [0.29, 0.717) is 49.2 Å². The van der Waals surface area contributed by atoms with Gasteiger partial charge in [0.25, 0.3) is 11.1 Å². The van der Waals surface area contributed by atoms with Crippen molar-refractivity contribution in [2.24, 2.45) is 0 Å². The zero-order valence-electron chi connectivity index (χ0n) is 17.4. The van der Waals surface area contributed by atoms with Gasteiger partial charge in [0.1, 0.15) is 6.61 Å². The molecule has 31 heavy (non-hydrogen) atoms. The van der Waals surface area contributed by atoms with E-state index in [4.69, 9.17) is 14.2 Å². The summed E-state index contributed by atoms with van der Waals surface area (Å²) in [5, 5.41) is -0.267. The molecule has 0 atom stereocenters. The molecule has 164 valence electrons. The second kappa shape index (κ2) is 11.4. The lowest BCUT2D eigenvalue weighted by Crippen LogP contribution is -2.29. The van der Waals surface area contributed by atoms with Crippen LogP contribution < -0.4 is 9.47 Å². The van der Waals surface area contributed by atoms with E-state index in [1.165, 1.54) is 4.90 Å². The van der Waals surface area contributed by atoms with Crippen LogP contribution in [0.1, 0.15) is 24.5 Å². The highest BCUT2D eigenvalue weighted by Crippen LogP contribution is 2.38. The number of carbonyl (C=O) groups excluding carboxylic acids is 2. The summed E-state index contributed by atoms with van der Waals surface area (Å²) in [7, 11) is 1.59. The van der Waals surface area contributed by atoms with Gasteiger partial charge in [0.15, 0.2) is 11.5 Å². The van der Waals surface area contributed by atoms with Crippen molar-refractivity contribution >= 4 is 44.9 Å². The van der Waals surface area contributed by atoms with Crippen LogP contribution in [-0.2, 0) is 16.1 Å². The Balaban J connectivity index is 1.80. The van der Waals surface area contributed by atoms with Crippen LogP contribution in [0.4, 0.5) is 4.79 Å². The zero-order valence-corrected chi connectivity index (χ0v) is 19.8. The van der Waals surface area contributed by atoms with Crippen LogP contribution in [-0.4, -0.2) is 42.9 Å². The third-order valence-electron chi connectivity index (χ3n) is 4.49. The maximum absolute atomic E-state index is 12.7. The van der Waals surface area contributed by atoms with E-state index in [2.05, 4.69) is 15.9 Å². The van der Waals surface area contributed by atoms with Crippen LogP contribution >= 0.6 is 27.7 Å². The van der Waals surface area contributed by atoms with Crippen molar-refractivity contribution in [1.82, 2.24) is 4.90 Å². The highest BCUT2D eigenvalue weighted by atomic mass is 79.9. The summed E-state index contributed by atoms with van der Waals surface area (Å²) in [5.41, 5.74) is 1.78. The molecule has 0 N–H and O–H groups in total. The fraction of sp³-hybridized carbons (Fsp3) is 0.304. The Bertz CT molecular complexity index is 964. The molecule has 2 aromatic carbocycles. The van der Waals surface area contributed by atoms with E-state index in [9.17, 15) is 9.59 Å². The smallest absolute Gasteiger partial charge is 0.293 e. The van der Waals surface area contributed by atoms with E-state index in [1.807, 2.05) is 49.4 Å². The van der Waals surface area contributed by atoms with Gasteiger partial charge in [0.05, 0.1) is 11.5 Å². The molecule has 2 amide bonds. The summed E-state index contributed by atoms with van der Waals surface area (Å²) in [4.78, 5) is 26.5. The molecule has 0 spiro atoms. The minimum absolute atomic E-state index is 0.267. The minimum Gasteiger partial charge on any atom is -0.490 e. The fourth-order valence-electron chi connectivity index (χ4n) is 2.98. The highest BCUT2D eigenvalue weighted by molar-refractivity contribution is 9.10. The molecule has 8 heteroatoms. The van der Waals surface area contributed by atoms with Gasteiger partial charge in [-0.25, -0.2) is 0 Å². The third kappa shape index (κ3) is 6.12. The number of rotatable bonds is 10. The molecule has 0 aromatic heterocycles. The number of ether oxygens (including phenoxy) is 3. The maximum Gasteiger partial charge on any atom is 0.293 e. The summed E-state index contributed by atoms with van der Waals surface area (Å²) < 4.78 is 17.5. The molecule has 1 heterocycles. The predicted octanol–water partition coefficient (Wildman–Crippen LogP) is 5.50. The standard InChI is InChI=1S/C23H24BrNO5S/c1-3-29-19-12-17(13-21-22(26)25(23(27)31-21)10-7-11-28-2)18(24)14-20(19)30-15-16-8-5-4-6-9-16/h4-6,8-9,12-14H,3,7,10-11,15H2,1-2H3/b21-13+. The van der Waals surface area contributed by atoms with Crippen molar-refractivity contribution in [3.8, 4) is 11.5 Å². The SMILES string of the molecule is CCOc1cc(/C=C2/SC(=O)N(CCCOC)C2=O)c(Br)cc1OCc1ccccc1. The monoisotopic (exact) mass is 505 g/mol. The highest BCUT2D eigenvalue weighted by Gasteiger charge is 2.34. The molecular formula is C23H24BrNO5S. The first-order valence-corrected chi connectivity index (χ1v) is 11.5. The van der Waals surface area contributed by atoms with E-state index in [1.54, 1.807) is 13.2 Å². The quantitative estimate of drug-likeness (QED) is 0.313. The number of carbonyl (C=O) groups is 2. The number of halogens is 1. The Morgan fingerprint density at radius 1 is 1.10 bits per heavy atom. The van der Waals surface area contributed by atoms with Crippen molar-refractivity contribution in [3.63, 3.8) is 0 Å². The first-order chi connectivity index (χ1) is 15.0. The van der Waals surface area contributed by atoms with Crippen LogP contribution in [0.3, 0.4) is 0 Å². The number of methoxy groups -OCH3 is 1. The molecule has 0 aliphatic carbocycles. The number of imide groups is 1. The van der Waals surface area contributed by atoms with Crippen LogP contribution in [0.2, 0.25) is 0 Å². The molecule has 1 aliphatic heterocycles. The van der Waals surface area contributed by atoms with E-state index >= 15 is 0 Å². The molecule has 0 radical (unpaired) electrons. The van der Waals surface area contributed by atoms with Crippen LogP contribution in [0.25, 0.3) is 6.08 Å². The first kappa shape index (κ1) is 23.4. The maximum atomic E-state index is 12.7. The zero-order chi connectivity index (χ0) is 22.2. The van der Waals surface area contributed by atoms with Gasteiger partial charge in [-0.2, -0.15) is 0 Å². The van der Waals surface area contributed by atoms with Gasteiger partial charge in [-0.1, -0.05) is 46.3 Å². The number of hydrogen-bond donors (Lipinski definition) is 0. The molecule has 3 rings (SSSR count). The Morgan fingerprint density at radius 2 is 1.84 bits per heavy atom. The van der Waals surface area contributed by atoms with Crippen molar-refractivity contribution in [2.45, 2.75) is 20.0 Å². The number of hydrogen-bond acceptors (Lipinski definition) is 6. The van der Waals surface area contributed by atoms with Gasteiger partial charge in [-0.15, -0.1) is 0 Å². The summed E-state index contributed by atoms with van der Waals surface area (Å²) in [6, 6.07) is 13.5. The topological polar surface area (TPSA) is 65.1 Å². The summed E-state index contributed by atoms with van der Waals surface area (Å²) in [6.07, 6.45) is 2.31. The summed E-state index contributed by atoms with van der Waals surface area (Å²) in [6.45, 7) is 3.61. The Morgan fingerprint density at radius 3 is 2.55 bits per heavy atom. The average Bonchev–Trinajstić information content (AvgIpc) is 3.03. The van der Waals surface area contributed by atoms with Crippen molar-refractivity contribution in [3.05, 3.63) is 63.0 Å². The largest absolute Gasteiger partial charge is 0.490 e. The van der Waals surface area contributed by atoms with Crippen LogP contribution in [0, 0.1) is 0 Å². The van der Waals surface area contributed by atoms with E-state index < -0.39 is 0 Å². The fourth-order valence-corrected chi connectivity index (χ4v) is 4.27. The molecule has 1 saturated heterocycles. The molecule has 0 saturated carbocycles. The van der Waals surface area contributed by atoms with Gasteiger partial charge < -0.3 is 14.2 Å². The van der Waals surface area contributed by atoms with E-state index in [-0.39, 0.29) is 11.1 Å². The number of amides is 2. The van der Waals surface area contributed by atoms with Gasteiger partial charge in [0.2, 0.25) is 0 Å². The Labute approximate surface area is 194 Å². The lowest BCUT2D eigenvalue weighted by molar-refractivity contribution is -0.122. The lowest BCUT2D eigenvalue weighted by atomic mass is 10.1. The number of benzene rings is 2. The molecule has 1 fully saturated rings. The molecule has 0 unspecified atom stereocenters.